The zero-order chi connectivity index (χ0) is 24.2. The van der Waals surface area contributed by atoms with Gasteiger partial charge in [-0.2, -0.15) is 5.10 Å². The van der Waals surface area contributed by atoms with E-state index in [1.165, 1.54) is 48.2 Å². The summed E-state index contributed by atoms with van der Waals surface area (Å²) in [6, 6.07) is 12.0. The predicted octanol–water partition coefficient (Wildman–Crippen LogP) is 4.39. The van der Waals surface area contributed by atoms with Gasteiger partial charge >= 0.3 is 6.09 Å². The van der Waals surface area contributed by atoms with Crippen LogP contribution in [0.15, 0.2) is 54.7 Å². The van der Waals surface area contributed by atoms with Crippen molar-refractivity contribution < 1.29 is 24.0 Å². The molecule has 33 heavy (non-hydrogen) atoms. The molecule has 0 aliphatic rings. The number of carbonyl (C=O) groups is 2. The van der Waals surface area contributed by atoms with Gasteiger partial charge in [0, 0.05) is 24.0 Å². The topological polar surface area (TPSA) is 138 Å². The standard InChI is InChI=1S/C22H23N5O6/c1-22(2,3)33-21(29)24-18-13-14(5-10-19(18)32-4)23-20(28)17-11-12-26(25-17)15-6-8-16(9-7-15)27(30)31/h5-13H,1-4H3,(H,23,28)(H,24,29). The summed E-state index contributed by atoms with van der Waals surface area (Å²) in [5, 5.41) is 20.3. The van der Waals surface area contributed by atoms with Gasteiger partial charge in [-0.15, -0.1) is 0 Å². The smallest absolute Gasteiger partial charge is 0.412 e. The van der Waals surface area contributed by atoms with Gasteiger partial charge in [-0.25, -0.2) is 9.48 Å². The number of ether oxygens (including phenoxy) is 2. The highest BCUT2D eigenvalue weighted by Crippen LogP contribution is 2.28. The van der Waals surface area contributed by atoms with Crippen LogP contribution in [-0.4, -0.2) is 39.4 Å². The number of hydrogen-bond donors (Lipinski definition) is 2. The maximum absolute atomic E-state index is 12.7. The fourth-order valence-corrected chi connectivity index (χ4v) is 2.81. The summed E-state index contributed by atoms with van der Waals surface area (Å²) in [7, 11) is 1.46. The van der Waals surface area contributed by atoms with Crippen LogP contribution in [0.5, 0.6) is 5.75 Å². The second-order valence-electron chi connectivity index (χ2n) is 7.92. The number of rotatable bonds is 6. The number of hydrogen-bond acceptors (Lipinski definition) is 7. The van der Waals surface area contributed by atoms with Gasteiger partial charge in [0.25, 0.3) is 11.6 Å². The summed E-state index contributed by atoms with van der Waals surface area (Å²) in [4.78, 5) is 35.1. The molecule has 2 aromatic carbocycles. The average molecular weight is 453 g/mol. The van der Waals surface area contributed by atoms with E-state index in [2.05, 4.69) is 15.7 Å². The Morgan fingerprint density at radius 2 is 1.76 bits per heavy atom. The lowest BCUT2D eigenvalue weighted by atomic mass is 10.2. The lowest BCUT2D eigenvalue weighted by Gasteiger charge is -2.20. The van der Waals surface area contributed by atoms with E-state index >= 15 is 0 Å². The molecule has 0 unspecified atom stereocenters. The molecule has 0 aliphatic heterocycles. The zero-order valence-corrected chi connectivity index (χ0v) is 18.5. The maximum atomic E-state index is 12.7. The van der Waals surface area contributed by atoms with Crippen molar-refractivity contribution in [1.29, 1.82) is 0 Å². The molecule has 172 valence electrons. The molecule has 0 saturated carbocycles. The highest BCUT2D eigenvalue weighted by Gasteiger charge is 2.18. The third kappa shape index (κ3) is 6.06. The monoisotopic (exact) mass is 453 g/mol. The van der Waals surface area contributed by atoms with Crippen LogP contribution in [0.3, 0.4) is 0 Å². The van der Waals surface area contributed by atoms with Crippen LogP contribution in [0.4, 0.5) is 21.9 Å². The molecular formula is C22H23N5O6. The average Bonchev–Trinajstić information content (AvgIpc) is 3.23. The van der Waals surface area contributed by atoms with Gasteiger partial charge in [-0.3, -0.25) is 20.2 Å². The molecule has 1 heterocycles. The van der Waals surface area contributed by atoms with Crippen LogP contribution in [0.2, 0.25) is 0 Å². The highest BCUT2D eigenvalue weighted by atomic mass is 16.6. The molecule has 2 amide bonds. The number of nitrogens with zero attached hydrogens (tertiary/aromatic N) is 3. The first-order valence-electron chi connectivity index (χ1n) is 9.85. The molecule has 0 radical (unpaired) electrons. The second kappa shape index (κ2) is 9.39. The molecule has 1 aromatic heterocycles. The number of amides is 2. The first kappa shape index (κ1) is 23.3. The van der Waals surface area contributed by atoms with Gasteiger partial charge in [0.15, 0.2) is 5.69 Å². The van der Waals surface area contributed by atoms with Crippen LogP contribution in [0.25, 0.3) is 5.69 Å². The van der Waals surface area contributed by atoms with Crippen molar-refractivity contribution in [3.63, 3.8) is 0 Å². The van der Waals surface area contributed by atoms with Gasteiger partial charge in [0.05, 0.1) is 23.4 Å². The Kier molecular flexibility index (Phi) is 6.61. The van der Waals surface area contributed by atoms with Crippen LogP contribution in [0, 0.1) is 10.1 Å². The van der Waals surface area contributed by atoms with Crippen molar-refractivity contribution in [2.45, 2.75) is 26.4 Å². The number of aromatic nitrogens is 2. The minimum Gasteiger partial charge on any atom is -0.495 e. The normalized spacial score (nSPS) is 10.9. The predicted molar refractivity (Wildman–Crippen MR) is 121 cm³/mol. The number of benzene rings is 2. The SMILES string of the molecule is COc1ccc(NC(=O)c2ccn(-c3ccc([N+](=O)[O-])cc3)n2)cc1NC(=O)OC(C)(C)C. The molecule has 0 atom stereocenters. The minimum absolute atomic E-state index is 0.0424. The third-order valence-corrected chi connectivity index (χ3v) is 4.24. The van der Waals surface area contributed by atoms with Crippen molar-refractivity contribution >= 4 is 29.1 Å². The summed E-state index contributed by atoms with van der Waals surface area (Å²) in [5.41, 5.74) is 0.696. The lowest BCUT2D eigenvalue weighted by molar-refractivity contribution is -0.384. The molecule has 11 nitrogen and oxygen atoms in total. The Labute approximate surface area is 189 Å². The number of nitro groups is 1. The van der Waals surface area contributed by atoms with Crippen LogP contribution in [0.1, 0.15) is 31.3 Å². The van der Waals surface area contributed by atoms with Gasteiger partial charge in [0.1, 0.15) is 11.4 Å². The van der Waals surface area contributed by atoms with Gasteiger partial charge in [-0.1, -0.05) is 0 Å². The van der Waals surface area contributed by atoms with Gasteiger partial charge in [-0.05, 0) is 57.2 Å². The molecular weight excluding hydrogens is 430 g/mol. The van der Waals surface area contributed by atoms with Crippen molar-refractivity contribution in [1.82, 2.24) is 9.78 Å². The Bertz CT molecular complexity index is 1180. The molecule has 2 N–H and O–H groups in total. The first-order chi connectivity index (χ1) is 15.6. The van der Waals surface area contributed by atoms with E-state index in [1.54, 1.807) is 39.1 Å². The van der Waals surface area contributed by atoms with Crippen molar-refractivity contribution in [2.75, 3.05) is 17.7 Å². The Hall–Kier alpha value is -4.41. The van der Waals surface area contributed by atoms with E-state index in [4.69, 9.17) is 9.47 Å². The Morgan fingerprint density at radius 1 is 1.06 bits per heavy atom. The van der Waals surface area contributed by atoms with Crippen molar-refractivity contribution in [2.24, 2.45) is 0 Å². The second-order valence-corrected chi connectivity index (χ2v) is 7.92. The number of carbonyl (C=O) groups excluding carboxylic acids is 2. The number of nitrogens with one attached hydrogen (secondary N) is 2. The molecule has 0 saturated heterocycles. The number of non-ortho nitro benzene ring substituents is 1. The summed E-state index contributed by atoms with van der Waals surface area (Å²) in [6.45, 7) is 5.24. The summed E-state index contributed by atoms with van der Waals surface area (Å²) in [6.07, 6.45) is 0.908. The van der Waals surface area contributed by atoms with Gasteiger partial charge < -0.3 is 14.8 Å². The van der Waals surface area contributed by atoms with Crippen LogP contribution >= 0.6 is 0 Å². The number of nitro benzene ring substituents is 1. The molecule has 0 bridgehead atoms. The Morgan fingerprint density at radius 3 is 2.36 bits per heavy atom. The fraction of sp³-hybridized carbons (Fsp3) is 0.227. The number of anilines is 2. The molecule has 0 fully saturated rings. The van der Waals surface area contributed by atoms with Crippen LogP contribution < -0.4 is 15.4 Å². The van der Waals surface area contributed by atoms with E-state index in [0.29, 0.717) is 22.8 Å². The summed E-state index contributed by atoms with van der Waals surface area (Å²) >= 11 is 0. The molecule has 3 rings (SSSR count). The van der Waals surface area contributed by atoms with E-state index in [-0.39, 0.29) is 11.4 Å². The lowest BCUT2D eigenvalue weighted by Crippen LogP contribution is -2.27. The van der Waals surface area contributed by atoms with Gasteiger partial charge in [0.2, 0.25) is 0 Å². The number of methoxy groups -OCH3 is 1. The van der Waals surface area contributed by atoms with Crippen molar-refractivity contribution in [3.05, 3.63) is 70.5 Å². The maximum Gasteiger partial charge on any atom is 0.412 e. The van der Waals surface area contributed by atoms with E-state index < -0.39 is 22.5 Å². The third-order valence-electron chi connectivity index (χ3n) is 4.24. The summed E-state index contributed by atoms with van der Waals surface area (Å²) in [5.74, 6) is -0.0923. The Balaban J connectivity index is 1.73. The van der Waals surface area contributed by atoms with E-state index in [1.807, 2.05) is 0 Å². The fourth-order valence-electron chi connectivity index (χ4n) is 2.81. The molecule has 0 aliphatic carbocycles. The molecule has 3 aromatic rings. The molecule has 0 spiro atoms. The van der Waals surface area contributed by atoms with Crippen LogP contribution in [-0.2, 0) is 4.74 Å². The summed E-state index contributed by atoms with van der Waals surface area (Å²) < 4.78 is 11.9. The van der Waals surface area contributed by atoms with E-state index in [0.717, 1.165) is 0 Å². The van der Waals surface area contributed by atoms with E-state index in [9.17, 15) is 19.7 Å². The largest absolute Gasteiger partial charge is 0.495 e. The highest BCUT2D eigenvalue weighted by molar-refractivity contribution is 6.03. The molecule has 11 heteroatoms. The first-order valence-corrected chi connectivity index (χ1v) is 9.85. The minimum atomic E-state index is -0.675. The quantitative estimate of drug-likeness (QED) is 0.417. The van der Waals surface area contributed by atoms with Crippen molar-refractivity contribution in [3.8, 4) is 11.4 Å². The zero-order valence-electron chi connectivity index (χ0n) is 18.5.